The molecule has 0 spiro atoms. The number of benzene rings is 2. The molecule has 28 heavy (non-hydrogen) atoms. The van der Waals surface area contributed by atoms with Gasteiger partial charge in [-0.15, -0.1) is 0 Å². The van der Waals surface area contributed by atoms with Crippen molar-refractivity contribution in [1.82, 2.24) is 9.97 Å². The number of halogens is 1. The van der Waals surface area contributed by atoms with Gasteiger partial charge in [-0.25, -0.2) is 4.98 Å². The minimum atomic E-state index is -0.194. The van der Waals surface area contributed by atoms with Gasteiger partial charge in [-0.3, -0.25) is 4.79 Å². The molecule has 1 atom stereocenters. The number of carbonyl (C=O) groups is 1. The average Bonchev–Trinajstić information content (AvgIpc) is 3.18. The second-order valence-electron chi connectivity index (χ2n) is 6.65. The number of pyridine rings is 1. The molecule has 0 radical (unpaired) electrons. The third-order valence-electron chi connectivity index (χ3n) is 4.67. The number of nitrogens with one attached hydrogen (secondary N) is 2. The van der Waals surface area contributed by atoms with Gasteiger partial charge in [-0.2, -0.15) is 0 Å². The van der Waals surface area contributed by atoms with Crippen molar-refractivity contribution in [2.45, 2.75) is 13.0 Å². The molecule has 2 aromatic heterocycles. The molecule has 4 rings (SSSR count). The summed E-state index contributed by atoms with van der Waals surface area (Å²) < 4.78 is 0. The van der Waals surface area contributed by atoms with Crippen molar-refractivity contribution in [2.24, 2.45) is 5.73 Å². The van der Waals surface area contributed by atoms with Crippen LogP contribution in [0.15, 0.2) is 67.0 Å². The number of H-pyrrole nitrogens is 1. The van der Waals surface area contributed by atoms with Crippen LogP contribution in [0, 0.1) is 0 Å². The summed E-state index contributed by atoms with van der Waals surface area (Å²) in [7, 11) is 0. The Bertz CT molecular complexity index is 1150. The van der Waals surface area contributed by atoms with Crippen LogP contribution in [0.4, 0.5) is 5.69 Å². The molecule has 4 N–H and O–H groups in total. The Kier molecular flexibility index (Phi) is 4.86. The molecule has 2 aromatic carbocycles. The van der Waals surface area contributed by atoms with E-state index in [9.17, 15) is 4.79 Å². The number of aromatic nitrogens is 2. The molecule has 1 amide bonds. The molecule has 0 saturated carbocycles. The maximum atomic E-state index is 12.9. The highest BCUT2D eigenvalue weighted by atomic mass is 35.5. The lowest BCUT2D eigenvalue weighted by Crippen LogP contribution is -2.14. The number of rotatable bonds is 4. The topological polar surface area (TPSA) is 83.8 Å². The predicted molar refractivity (Wildman–Crippen MR) is 114 cm³/mol. The Balaban J connectivity index is 1.71. The minimum Gasteiger partial charge on any atom is -0.346 e. The number of aromatic amines is 1. The molecule has 0 aliphatic rings. The van der Waals surface area contributed by atoms with Crippen LogP contribution in [0.2, 0.25) is 5.02 Å². The number of hydrogen-bond donors (Lipinski definition) is 3. The highest BCUT2D eigenvalue weighted by Crippen LogP contribution is 2.30. The quantitative estimate of drug-likeness (QED) is 0.450. The van der Waals surface area contributed by atoms with Crippen LogP contribution >= 0.6 is 11.6 Å². The first-order valence-electron chi connectivity index (χ1n) is 8.92. The van der Waals surface area contributed by atoms with Gasteiger partial charge in [0.1, 0.15) is 5.65 Å². The fraction of sp³-hybridized carbons (Fsp3) is 0.0909. The Hall–Kier alpha value is -3.15. The summed E-state index contributed by atoms with van der Waals surface area (Å²) in [4.78, 5) is 20.2. The number of anilines is 1. The van der Waals surface area contributed by atoms with Crippen LogP contribution < -0.4 is 11.1 Å². The molecule has 4 aromatic rings. The van der Waals surface area contributed by atoms with Gasteiger partial charge in [-0.05, 0) is 60.0 Å². The Morgan fingerprint density at radius 1 is 1.14 bits per heavy atom. The molecular formula is C22H19ClN4O. The van der Waals surface area contributed by atoms with E-state index in [0.717, 1.165) is 27.7 Å². The molecule has 140 valence electrons. The monoisotopic (exact) mass is 390 g/mol. The van der Waals surface area contributed by atoms with E-state index in [1.54, 1.807) is 24.5 Å². The van der Waals surface area contributed by atoms with E-state index in [1.165, 1.54) is 0 Å². The summed E-state index contributed by atoms with van der Waals surface area (Å²) in [5.41, 5.74) is 11.0. The zero-order chi connectivity index (χ0) is 19.7. The van der Waals surface area contributed by atoms with Crippen LogP contribution in [0.25, 0.3) is 22.2 Å². The second-order valence-corrected chi connectivity index (χ2v) is 7.09. The molecule has 2 heterocycles. The summed E-state index contributed by atoms with van der Waals surface area (Å²) in [6.45, 7) is 1.92. The molecule has 6 heteroatoms. The smallest absolute Gasteiger partial charge is 0.255 e. The van der Waals surface area contributed by atoms with Gasteiger partial charge in [0, 0.05) is 34.4 Å². The van der Waals surface area contributed by atoms with E-state index in [0.29, 0.717) is 16.3 Å². The molecule has 0 saturated heterocycles. The zero-order valence-corrected chi connectivity index (χ0v) is 16.0. The third-order valence-corrected chi connectivity index (χ3v) is 4.92. The Morgan fingerprint density at radius 2 is 1.93 bits per heavy atom. The van der Waals surface area contributed by atoms with Gasteiger partial charge >= 0.3 is 0 Å². The first kappa shape index (κ1) is 18.2. The number of amides is 1. The van der Waals surface area contributed by atoms with E-state index >= 15 is 0 Å². The highest BCUT2D eigenvalue weighted by molar-refractivity contribution is 6.30. The van der Waals surface area contributed by atoms with Gasteiger partial charge in [0.15, 0.2) is 0 Å². The standard InChI is InChI=1S/C22H19ClN4O/c1-13(24)17-7-4-15(12-19(17)14-2-5-16(23)6-3-14)22(28)27-20-9-11-26-21-18(20)8-10-25-21/h2-13H,24H2,1H3,(H2,25,26,27,28). The molecule has 0 aliphatic heterocycles. The maximum absolute atomic E-state index is 12.9. The van der Waals surface area contributed by atoms with Gasteiger partial charge in [0.25, 0.3) is 5.91 Å². The van der Waals surface area contributed by atoms with Crippen molar-refractivity contribution >= 4 is 34.2 Å². The fourth-order valence-electron chi connectivity index (χ4n) is 3.24. The van der Waals surface area contributed by atoms with Gasteiger partial charge in [0.05, 0.1) is 5.69 Å². The molecule has 0 fully saturated rings. The van der Waals surface area contributed by atoms with Crippen molar-refractivity contribution in [2.75, 3.05) is 5.32 Å². The Morgan fingerprint density at radius 3 is 2.68 bits per heavy atom. The van der Waals surface area contributed by atoms with Gasteiger partial charge in [0.2, 0.25) is 0 Å². The second kappa shape index (κ2) is 7.46. The number of carbonyl (C=O) groups excluding carboxylic acids is 1. The summed E-state index contributed by atoms with van der Waals surface area (Å²) in [6, 6.07) is 16.6. The van der Waals surface area contributed by atoms with E-state index in [-0.39, 0.29) is 11.9 Å². The van der Waals surface area contributed by atoms with E-state index in [1.807, 2.05) is 49.4 Å². The molecule has 5 nitrogen and oxygen atoms in total. The van der Waals surface area contributed by atoms with Crippen molar-refractivity contribution in [3.8, 4) is 11.1 Å². The SMILES string of the molecule is CC(N)c1ccc(C(=O)Nc2ccnc3[nH]ccc23)cc1-c1ccc(Cl)cc1. The van der Waals surface area contributed by atoms with Crippen molar-refractivity contribution in [1.29, 1.82) is 0 Å². The molecular weight excluding hydrogens is 372 g/mol. The number of fused-ring (bicyclic) bond motifs is 1. The van der Waals surface area contributed by atoms with Crippen LogP contribution in [-0.2, 0) is 0 Å². The largest absolute Gasteiger partial charge is 0.346 e. The maximum Gasteiger partial charge on any atom is 0.255 e. The summed E-state index contributed by atoms with van der Waals surface area (Å²) in [5, 5.41) is 4.49. The lowest BCUT2D eigenvalue weighted by Gasteiger charge is -2.15. The first-order valence-corrected chi connectivity index (χ1v) is 9.29. The molecule has 1 unspecified atom stereocenters. The minimum absolute atomic E-state index is 0.164. The summed E-state index contributed by atoms with van der Waals surface area (Å²) in [6.07, 6.45) is 3.45. The summed E-state index contributed by atoms with van der Waals surface area (Å²) in [5.74, 6) is -0.194. The van der Waals surface area contributed by atoms with Crippen LogP contribution in [-0.4, -0.2) is 15.9 Å². The first-order chi connectivity index (χ1) is 13.5. The van der Waals surface area contributed by atoms with E-state index in [4.69, 9.17) is 17.3 Å². The van der Waals surface area contributed by atoms with Crippen LogP contribution in [0.5, 0.6) is 0 Å². The van der Waals surface area contributed by atoms with Crippen molar-refractivity contribution < 1.29 is 4.79 Å². The predicted octanol–water partition coefficient (Wildman–Crippen LogP) is 5.16. The lowest BCUT2D eigenvalue weighted by atomic mass is 9.93. The zero-order valence-electron chi connectivity index (χ0n) is 15.2. The fourth-order valence-corrected chi connectivity index (χ4v) is 3.36. The molecule has 0 bridgehead atoms. The lowest BCUT2D eigenvalue weighted by molar-refractivity contribution is 0.102. The van der Waals surface area contributed by atoms with Gasteiger partial charge in [-0.1, -0.05) is 29.8 Å². The van der Waals surface area contributed by atoms with Crippen LogP contribution in [0.1, 0.15) is 28.9 Å². The van der Waals surface area contributed by atoms with Crippen molar-refractivity contribution in [3.63, 3.8) is 0 Å². The number of hydrogen-bond acceptors (Lipinski definition) is 3. The highest BCUT2D eigenvalue weighted by Gasteiger charge is 2.15. The molecule has 0 aliphatic carbocycles. The number of nitrogens with zero attached hydrogens (tertiary/aromatic N) is 1. The average molecular weight is 391 g/mol. The van der Waals surface area contributed by atoms with Crippen LogP contribution in [0.3, 0.4) is 0 Å². The third kappa shape index (κ3) is 3.50. The van der Waals surface area contributed by atoms with Gasteiger partial charge < -0.3 is 16.0 Å². The summed E-state index contributed by atoms with van der Waals surface area (Å²) >= 11 is 6.02. The van der Waals surface area contributed by atoms with E-state index < -0.39 is 0 Å². The van der Waals surface area contributed by atoms with Crippen molar-refractivity contribution in [3.05, 3.63) is 83.1 Å². The number of nitrogens with two attached hydrogens (primary N) is 1. The van der Waals surface area contributed by atoms with E-state index in [2.05, 4.69) is 15.3 Å². The normalized spacial score (nSPS) is 12.1. The Labute approximate surface area is 167 Å².